The molecule has 0 unspecified atom stereocenters. The maximum atomic E-state index is 5.54. The van der Waals surface area contributed by atoms with Gasteiger partial charge in [0, 0.05) is 43.3 Å². The lowest BCUT2D eigenvalue weighted by atomic mass is 9.96. The maximum absolute atomic E-state index is 5.54. The highest BCUT2D eigenvalue weighted by Crippen LogP contribution is 2.47. The summed E-state index contributed by atoms with van der Waals surface area (Å²) in [6, 6.07) is 61.5. The van der Waals surface area contributed by atoms with E-state index in [1.807, 2.05) is 0 Å². The monoisotopic (exact) mass is 684 g/mol. The van der Waals surface area contributed by atoms with E-state index in [0.717, 1.165) is 49.9 Å². The molecule has 0 fully saturated rings. The van der Waals surface area contributed by atoms with Crippen molar-refractivity contribution in [3.8, 4) is 17.1 Å². The first-order valence-electron chi connectivity index (χ1n) is 18.5. The highest BCUT2D eigenvalue weighted by molar-refractivity contribution is 6.37. The molecule has 13 rings (SSSR count). The topological polar surface area (TPSA) is 35.1 Å². The molecule has 0 saturated heterocycles. The summed E-state index contributed by atoms with van der Waals surface area (Å²) >= 11 is 0. The minimum atomic E-state index is 0.825. The molecule has 0 N–H and O–H groups in total. The van der Waals surface area contributed by atoms with Gasteiger partial charge in [-0.3, -0.25) is 4.57 Å². The molecule has 0 aliphatic heterocycles. The first-order valence-corrected chi connectivity index (χ1v) is 18.5. The van der Waals surface area contributed by atoms with Gasteiger partial charge in [0.1, 0.15) is 5.69 Å². The summed E-state index contributed by atoms with van der Waals surface area (Å²) in [6.07, 6.45) is 0. The van der Waals surface area contributed by atoms with Crippen LogP contribution in [0.5, 0.6) is 0 Å². The van der Waals surface area contributed by atoms with E-state index in [9.17, 15) is 0 Å². The molecular formula is C50H28N4. The average molecular weight is 685 g/mol. The molecule has 0 spiro atoms. The number of benzene rings is 9. The van der Waals surface area contributed by atoms with Gasteiger partial charge in [-0.25, -0.2) is 9.97 Å². The summed E-state index contributed by atoms with van der Waals surface area (Å²) < 4.78 is 4.93. The molecule has 9 aromatic carbocycles. The van der Waals surface area contributed by atoms with Gasteiger partial charge in [-0.15, -0.1) is 0 Å². The molecule has 13 aromatic rings. The minimum absolute atomic E-state index is 0.825. The Labute approximate surface area is 308 Å². The van der Waals surface area contributed by atoms with Crippen LogP contribution in [0.15, 0.2) is 170 Å². The van der Waals surface area contributed by atoms with E-state index >= 15 is 0 Å². The van der Waals surface area contributed by atoms with E-state index in [4.69, 9.17) is 9.97 Å². The Morgan fingerprint density at radius 3 is 1.78 bits per heavy atom. The molecule has 0 atom stereocenters. The first kappa shape index (κ1) is 28.3. The number of aromatic nitrogens is 4. The number of para-hydroxylation sites is 1. The predicted octanol–water partition coefficient (Wildman–Crippen LogP) is 13.0. The molecule has 0 radical (unpaired) electrons. The molecular weight excluding hydrogens is 657 g/mol. The van der Waals surface area contributed by atoms with E-state index in [0.29, 0.717) is 0 Å². The van der Waals surface area contributed by atoms with Gasteiger partial charge in [0.15, 0.2) is 5.82 Å². The quantitative estimate of drug-likeness (QED) is 0.170. The highest BCUT2D eigenvalue weighted by Gasteiger charge is 2.26. The Hall–Kier alpha value is -7.30. The Morgan fingerprint density at radius 1 is 0.352 bits per heavy atom. The Bertz CT molecular complexity index is 3720. The van der Waals surface area contributed by atoms with Crippen molar-refractivity contribution in [2.45, 2.75) is 0 Å². The summed E-state index contributed by atoms with van der Waals surface area (Å²) in [5.74, 6) is 0.825. The smallest absolute Gasteiger partial charge is 0.165 e. The third-order valence-corrected chi connectivity index (χ3v) is 11.8. The molecule has 0 aliphatic rings. The van der Waals surface area contributed by atoms with Gasteiger partial charge in [-0.1, -0.05) is 146 Å². The van der Waals surface area contributed by atoms with E-state index < -0.39 is 0 Å². The zero-order valence-corrected chi connectivity index (χ0v) is 29.0. The second-order valence-electron chi connectivity index (χ2n) is 14.5. The molecule has 4 nitrogen and oxygen atoms in total. The van der Waals surface area contributed by atoms with Crippen LogP contribution in [0.25, 0.3) is 120 Å². The van der Waals surface area contributed by atoms with Crippen molar-refractivity contribution in [2.24, 2.45) is 0 Å². The normalized spacial score (nSPS) is 12.4. The lowest BCUT2D eigenvalue weighted by Gasteiger charge is -2.15. The minimum Gasteiger partial charge on any atom is -0.307 e. The van der Waals surface area contributed by atoms with Gasteiger partial charge in [0.05, 0.1) is 38.6 Å². The van der Waals surface area contributed by atoms with Crippen LogP contribution in [0, 0.1) is 0 Å². The fourth-order valence-corrected chi connectivity index (χ4v) is 9.64. The van der Waals surface area contributed by atoms with E-state index in [1.54, 1.807) is 0 Å². The summed E-state index contributed by atoms with van der Waals surface area (Å²) in [7, 11) is 0. The molecule has 4 heterocycles. The van der Waals surface area contributed by atoms with Gasteiger partial charge in [-0.2, -0.15) is 0 Å². The van der Waals surface area contributed by atoms with Crippen LogP contribution in [-0.2, 0) is 0 Å². The fourth-order valence-electron chi connectivity index (χ4n) is 9.64. The van der Waals surface area contributed by atoms with E-state index in [2.05, 4.69) is 179 Å². The lowest BCUT2D eigenvalue weighted by Crippen LogP contribution is -2.04. The Morgan fingerprint density at radius 2 is 0.926 bits per heavy atom. The van der Waals surface area contributed by atoms with Gasteiger partial charge < -0.3 is 4.40 Å². The molecule has 0 aliphatic carbocycles. The van der Waals surface area contributed by atoms with E-state index in [-0.39, 0.29) is 0 Å². The van der Waals surface area contributed by atoms with Crippen molar-refractivity contribution in [3.63, 3.8) is 0 Å². The molecule has 4 aromatic heterocycles. The van der Waals surface area contributed by atoms with Crippen molar-refractivity contribution < 1.29 is 0 Å². The van der Waals surface area contributed by atoms with Crippen molar-refractivity contribution in [3.05, 3.63) is 170 Å². The summed E-state index contributed by atoms with van der Waals surface area (Å²) in [6.45, 7) is 0. The first-order chi connectivity index (χ1) is 26.8. The molecule has 54 heavy (non-hydrogen) atoms. The van der Waals surface area contributed by atoms with Crippen LogP contribution in [0.1, 0.15) is 0 Å². The van der Waals surface area contributed by atoms with Crippen LogP contribution >= 0.6 is 0 Å². The van der Waals surface area contributed by atoms with Gasteiger partial charge >= 0.3 is 0 Å². The predicted molar refractivity (Wildman–Crippen MR) is 226 cm³/mol. The van der Waals surface area contributed by atoms with Crippen molar-refractivity contribution in [2.75, 3.05) is 0 Å². The number of fused-ring (bicyclic) bond motifs is 13. The van der Waals surface area contributed by atoms with Crippen LogP contribution in [0.2, 0.25) is 0 Å². The zero-order chi connectivity index (χ0) is 35.1. The Kier molecular flexibility index (Phi) is 5.34. The molecule has 0 amide bonds. The summed E-state index contributed by atoms with van der Waals surface area (Å²) in [5.41, 5.74) is 9.57. The van der Waals surface area contributed by atoms with Crippen molar-refractivity contribution in [1.82, 2.24) is 18.9 Å². The molecule has 0 saturated carbocycles. The summed E-state index contributed by atoms with van der Waals surface area (Å²) in [5, 5.41) is 14.8. The van der Waals surface area contributed by atoms with Crippen molar-refractivity contribution >= 4 is 103 Å². The van der Waals surface area contributed by atoms with Crippen LogP contribution in [0.3, 0.4) is 0 Å². The fraction of sp³-hybridized carbons (Fsp3) is 0. The van der Waals surface area contributed by atoms with Crippen LogP contribution in [0.4, 0.5) is 0 Å². The third-order valence-electron chi connectivity index (χ3n) is 11.8. The van der Waals surface area contributed by atoms with Gasteiger partial charge in [-0.05, 0) is 51.2 Å². The second kappa shape index (κ2) is 10.2. The summed E-state index contributed by atoms with van der Waals surface area (Å²) in [4.78, 5) is 11.0. The number of hydrogen-bond acceptors (Lipinski definition) is 2. The highest BCUT2D eigenvalue weighted by atomic mass is 15.1. The van der Waals surface area contributed by atoms with Gasteiger partial charge in [0.2, 0.25) is 0 Å². The largest absolute Gasteiger partial charge is 0.307 e. The van der Waals surface area contributed by atoms with Crippen molar-refractivity contribution in [1.29, 1.82) is 0 Å². The second-order valence-corrected chi connectivity index (χ2v) is 14.5. The Balaban J connectivity index is 1.28. The third kappa shape index (κ3) is 3.48. The average Bonchev–Trinajstić information content (AvgIpc) is 3.73. The number of hydrogen-bond donors (Lipinski definition) is 0. The van der Waals surface area contributed by atoms with Gasteiger partial charge in [0.25, 0.3) is 0 Å². The van der Waals surface area contributed by atoms with Crippen LogP contribution < -0.4 is 0 Å². The van der Waals surface area contributed by atoms with E-state index in [1.165, 1.54) is 70.4 Å². The maximum Gasteiger partial charge on any atom is 0.165 e. The standard InChI is InChI=1S/C50H28N4/c1-2-14-30(15-3-1)46-50(51-39-28-27-29-13-4-5-16-31(29)47(39)52-46)53-40-24-11-21-35-37-22-10-23-38-43-34-19-8-6-17-32(34)33-18-7-9-20-36(33)49(43)54(48(37)38)42-26-12-25-41(53)45(42)44(35)40/h1-28H. The lowest BCUT2D eigenvalue weighted by molar-refractivity contribution is 1.08. The molecule has 0 bridgehead atoms. The van der Waals surface area contributed by atoms with Crippen LogP contribution in [-0.4, -0.2) is 18.9 Å². The zero-order valence-electron chi connectivity index (χ0n) is 29.0. The molecule has 248 valence electrons. The number of nitrogens with zero attached hydrogens (tertiary/aromatic N) is 4. The SMILES string of the molecule is c1ccc(-c2nc3c(ccc4ccccc43)nc2-n2c3cccc4c5cccc6c7c8ccccc8c8ccccc8c7n(c7cccc2c7c43)c56)cc1. The molecule has 4 heteroatoms. The number of rotatable bonds is 2.